The van der Waals surface area contributed by atoms with Crippen molar-refractivity contribution in [2.45, 2.75) is 0 Å². The molecule has 2 aromatic heterocycles. The molecule has 0 aliphatic rings. The molecule has 180 valence electrons. The van der Waals surface area contributed by atoms with Crippen LogP contribution in [0.5, 0.6) is 0 Å². The normalized spacial score (nSPS) is 11.6. The molecule has 0 aliphatic carbocycles. The Morgan fingerprint density at radius 2 is 1.29 bits per heavy atom. The molecule has 10 heteroatoms. The van der Waals surface area contributed by atoms with Crippen LogP contribution in [0.4, 0.5) is 34.6 Å². The van der Waals surface area contributed by atoms with Gasteiger partial charge in [-0.2, -0.15) is 0 Å². The second-order valence-electron chi connectivity index (χ2n) is 8.49. The molecule has 0 unspecified atom stereocenters. The summed E-state index contributed by atoms with van der Waals surface area (Å²) >= 11 is 0. The zero-order chi connectivity index (χ0) is 24.8. The summed E-state index contributed by atoms with van der Waals surface area (Å²) in [6.07, 6.45) is 7.63. The third kappa shape index (κ3) is 5.97. The number of imidazole rings is 2. The maximum atomic E-state index is 4.36. The van der Waals surface area contributed by atoms with Crippen LogP contribution in [0.1, 0.15) is 0 Å². The number of benzene rings is 2. The Morgan fingerprint density at radius 3 is 1.74 bits per heavy atom. The third-order valence-electron chi connectivity index (χ3n) is 5.86. The van der Waals surface area contributed by atoms with E-state index in [0.717, 1.165) is 41.8 Å². The fourth-order valence-corrected chi connectivity index (χ4v) is 3.53. The van der Waals surface area contributed by atoms with Crippen LogP contribution in [-0.2, 0) is 21.1 Å². The summed E-state index contributed by atoms with van der Waals surface area (Å²) in [6.45, 7) is 1.75. The summed E-state index contributed by atoms with van der Waals surface area (Å²) in [6, 6.07) is 16.2. The lowest BCUT2D eigenvalue weighted by molar-refractivity contribution is -0.657. The highest BCUT2D eigenvalue weighted by Crippen LogP contribution is 2.22. The number of nitrogens with one attached hydrogen (secondary N) is 1. The molecule has 0 saturated carbocycles. The van der Waals surface area contributed by atoms with Gasteiger partial charge in [0.25, 0.3) is 0 Å². The van der Waals surface area contributed by atoms with Crippen LogP contribution in [0.3, 0.4) is 0 Å². The lowest BCUT2D eigenvalue weighted by Gasteiger charge is -2.25. The highest BCUT2D eigenvalue weighted by Gasteiger charge is 2.11. The molecule has 0 fully saturated rings. The Labute approximate surface area is 205 Å². The quantitative estimate of drug-likeness (QED) is 0.289. The van der Waals surface area contributed by atoms with Crippen LogP contribution in [0, 0.1) is 0 Å². The molecule has 4 rings (SSSR count). The van der Waals surface area contributed by atoms with Gasteiger partial charge in [0.15, 0.2) is 0 Å². The van der Waals surface area contributed by atoms with Crippen LogP contribution in [0.15, 0.2) is 93.8 Å². The van der Waals surface area contributed by atoms with Crippen molar-refractivity contribution < 1.29 is 9.13 Å². The highest BCUT2D eigenvalue weighted by atomic mass is 15.3. The lowest BCUT2D eigenvalue weighted by atomic mass is 10.2. The van der Waals surface area contributed by atoms with Gasteiger partial charge >= 0.3 is 11.9 Å². The average molecular weight is 473 g/mol. The van der Waals surface area contributed by atoms with Gasteiger partial charge in [0, 0.05) is 48.8 Å². The molecule has 0 amide bonds. The predicted octanol–water partition coefficient (Wildman–Crippen LogP) is 4.41. The summed E-state index contributed by atoms with van der Waals surface area (Å²) < 4.78 is 5.75. The van der Waals surface area contributed by atoms with E-state index in [0.29, 0.717) is 5.95 Å². The number of azo groups is 2. The molecule has 0 spiro atoms. The maximum Gasteiger partial charge on any atom is 0.421 e. The number of aryl methyl sites for hydroxylation is 3. The molecule has 2 heterocycles. The van der Waals surface area contributed by atoms with E-state index in [1.165, 1.54) is 0 Å². The van der Waals surface area contributed by atoms with Crippen LogP contribution in [0.25, 0.3) is 0 Å². The van der Waals surface area contributed by atoms with E-state index in [4.69, 9.17) is 0 Å². The summed E-state index contributed by atoms with van der Waals surface area (Å²) in [4.78, 5) is 7.50. The van der Waals surface area contributed by atoms with Crippen molar-refractivity contribution in [3.05, 3.63) is 73.3 Å². The minimum Gasteiger partial charge on any atom is -0.373 e. The molecule has 0 radical (unpaired) electrons. The van der Waals surface area contributed by atoms with Gasteiger partial charge in [0.2, 0.25) is 0 Å². The van der Waals surface area contributed by atoms with Crippen molar-refractivity contribution in [3.63, 3.8) is 0 Å². The van der Waals surface area contributed by atoms with Gasteiger partial charge in [-0.1, -0.05) is 10.2 Å². The van der Waals surface area contributed by atoms with Crippen molar-refractivity contribution in [2.75, 3.05) is 37.0 Å². The van der Waals surface area contributed by atoms with Gasteiger partial charge in [0.1, 0.15) is 11.4 Å². The first-order valence-electron chi connectivity index (χ1n) is 11.4. The molecule has 4 aromatic rings. The van der Waals surface area contributed by atoms with Crippen molar-refractivity contribution in [2.24, 2.45) is 41.6 Å². The molecular weight excluding hydrogens is 440 g/mol. The number of aromatic amines is 1. The van der Waals surface area contributed by atoms with Gasteiger partial charge in [-0.25, -0.2) is 18.7 Å². The van der Waals surface area contributed by atoms with E-state index in [1.54, 1.807) is 0 Å². The van der Waals surface area contributed by atoms with E-state index < -0.39 is 0 Å². The first-order valence-corrected chi connectivity index (χ1v) is 11.4. The molecule has 0 saturated heterocycles. The van der Waals surface area contributed by atoms with Crippen molar-refractivity contribution >= 4 is 34.6 Å². The molecule has 0 atom stereocenters. The number of likely N-dealkylation sites (N-methyl/N-ethyl adjacent to an activating group) is 2. The number of hydrogen-bond acceptors (Lipinski definition) is 6. The highest BCUT2D eigenvalue weighted by molar-refractivity contribution is 5.54. The van der Waals surface area contributed by atoms with E-state index in [2.05, 4.69) is 73.6 Å². The van der Waals surface area contributed by atoms with Crippen LogP contribution in [0.2, 0.25) is 0 Å². The van der Waals surface area contributed by atoms with Gasteiger partial charge < -0.3 is 9.80 Å². The molecule has 35 heavy (non-hydrogen) atoms. The number of H-pyrrole nitrogens is 1. The Morgan fingerprint density at radius 1 is 0.743 bits per heavy atom. The number of nitrogens with zero attached hydrogens (tertiary/aromatic N) is 9. The Bertz CT molecular complexity index is 1280. The SMILES string of the molecule is CN(CCN(C)c1ccc(N=Nc2n(C)cc[n+]2C)cc1)c1ccc(N=Nc2[nH]cc[n+]2C)cc1. The number of hydrogen-bond donors (Lipinski definition) is 1. The molecule has 1 N–H and O–H groups in total. The molecule has 0 aliphatic heterocycles. The van der Waals surface area contributed by atoms with Gasteiger partial charge in [-0.05, 0) is 48.5 Å². The van der Waals surface area contributed by atoms with Crippen molar-refractivity contribution in [1.29, 1.82) is 0 Å². The average Bonchev–Trinajstić information content (AvgIpc) is 3.43. The van der Waals surface area contributed by atoms with Crippen LogP contribution in [-0.4, -0.2) is 36.7 Å². The molecule has 2 aromatic carbocycles. The van der Waals surface area contributed by atoms with Crippen molar-refractivity contribution in [1.82, 2.24) is 9.55 Å². The van der Waals surface area contributed by atoms with Gasteiger partial charge in [-0.15, -0.1) is 0 Å². The second-order valence-corrected chi connectivity index (χ2v) is 8.49. The summed E-state index contributed by atoms with van der Waals surface area (Å²) in [5.41, 5.74) is 3.90. The Kier molecular flexibility index (Phi) is 7.30. The predicted molar refractivity (Wildman–Crippen MR) is 136 cm³/mol. The maximum absolute atomic E-state index is 4.36. The Balaban J connectivity index is 1.29. The first kappa shape index (κ1) is 23.8. The topological polar surface area (TPSA) is 84.4 Å². The zero-order valence-electron chi connectivity index (χ0n) is 20.9. The minimum absolute atomic E-state index is 0.704. The zero-order valence-corrected chi connectivity index (χ0v) is 20.9. The summed E-state index contributed by atoms with van der Waals surface area (Å²) in [5.74, 6) is 1.50. The van der Waals surface area contributed by atoms with Gasteiger partial charge in [0.05, 0.1) is 45.9 Å². The fourth-order valence-electron chi connectivity index (χ4n) is 3.53. The van der Waals surface area contributed by atoms with E-state index in [1.807, 2.05) is 83.9 Å². The molecule has 10 nitrogen and oxygen atoms in total. The van der Waals surface area contributed by atoms with E-state index in [-0.39, 0.29) is 0 Å². The number of rotatable bonds is 9. The standard InChI is InChI=1S/C25H31N10/c1-31(22-10-6-20(7-11-22)27-29-24-26-14-15-33(24)3)16-17-32(2)23-12-8-21(9-13-23)28-30-25-34(4)18-19-35(25)5/h6-15,18-19H,16-17H2,1-5H3/q+1/p+1. The second kappa shape index (κ2) is 10.7. The summed E-state index contributed by atoms with van der Waals surface area (Å²) in [7, 11) is 10.0. The number of anilines is 2. The number of aromatic nitrogens is 4. The van der Waals surface area contributed by atoms with E-state index >= 15 is 0 Å². The van der Waals surface area contributed by atoms with Crippen LogP contribution < -0.4 is 18.9 Å². The van der Waals surface area contributed by atoms with Gasteiger partial charge in [-0.3, -0.25) is 0 Å². The third-order valence-corrected chi connectivity index (χ3v) is 5.86. The Hall–Kier alpha value is -4.34. The smallest absolute Gasteiger partial charge is 0.373 e. The summed E-state index contributed by atoms with van der Waals surface area (Å²) in [5, 5.41) is 17.3. The first-order chi connectivity index (χ1) is 16.9. The van der Waals surface area contributed by atoms with Crippen LogP contribution >= 0.6 is 0 Å². The van der Waals surface area contributed by atoms with E-state index in [9.17, 15) is 0 Å². The monoisotopic (exact) mass is 472 g/mol. The molecular formula is C25H32N10+2. The molecule has 0 bridgehead atoms. The largest absolute Gasteiger partial charge is 0.421 e. The van der Waals surface area contributed by atoms with Crippen molar-refractivity contribution in [3.8, 4) is 0 Å². The lowest BCUT2D eigenvalue weighted by Crippen LogP contribution is -2.30. The fraction of sp³-hybridized carbons (Fsp3) is 0.280. The minimum atomic E-state index is 0.704.